The molecule has 1 N–H and O–H groups in total. The van der Waals surface area contributed by atoms with Crippen LogP contribution in [0, 0.1) is 6.92 Å². The third-order valence-corrected chi connectivity index (χ3v) is 6.87. The van der Waals surface area contributed by atoms with Crippen molar-refractivity contribution in [3.8, 4) is 11.4 Å². The highest BCUT2D eigenvalue weighted by Crippen LogP contribution is 2.40. The number of fused-ring (bicyclic) bond motifs is 4. The van der Waals surface area contributed by atoms with Crippen molar-refractivity contribution >= 4 is 27.9 Å². The van der Waals surface area contributed by atoms with Crippen molar-refractivity contribution in [1.29, 1.82) is 0 Å². The molecular formula is C26H27F2N3O3. The first-order valence-electron chi connectivity index (χ1n) is 11.5. The normalized spacial score (nSPS) is 15.2. The molecule has 0 radical (unpaired) electrons. The Hall–Kier alpha value is -3.26. The minimum absolute atomic E-state index is 0.124. The van der Waals surface area contributed by atoms with Crippen molar-refractivity contribution in [1.82, 2.24) is 14.1 Å². The molecule has 1 aliphatic carbocycles. The molecule has 2 aromatic carbocycles. The zero-order chi connectivity index (χ0) is 24.2. The van der Waals surface area contributed by atoms with Crippen LogP contribution in [0.2, 0.25) is 0 Å². The molecule has 0 fully saturated rings. The SMILES string of the molecule is CCn1c2c(c3cc(-c4nc5cc(C(=O)O)c(C)cc5n4CCOC)ccc31)CC(F)(F)CC2. The molecule has 2 aromatic heterocycles. The first kappa shape index (κ1) is 22.5. The number of ether oxygens (including phenoxy) is 1. The van der Waals surface area contributed by atoms with Gasteiger partial charge in [0.15, 0.2) is 0 Å². The second-order valence-corrected chi connectivity index (χ2v) is 8.98. The number of benzene rings is 2. The van der Waals surface area contributed by atoms with Crippen LogP contribution < -0.4 is 0 Å². The van der Waals surface area contributed by atoms with E-state index >= 15 is 0 Å². The van der Waals surface area contributed by atoms with Crippen LogP contribution in [0.4, 0.5) is 8.78 Å². The van der Waals surface area contributed by atoms with Crippen LogP contribution in [0.25, 0.3) is 33.3 Å². The molecule has 0 saturated heterocycles. The molecule has 0 saturated carbocycles. The number of aromatic nitrogens is 3. The summed E-state index contributed by atoms with van der Waals surface area (Å²) in [6.45, 7) is 5.50. The maximum absolute atomic E-state index is 14.3. The molecule has 34 heavy (non-hydrogen) atoms. The topological polar surface area (TPSA) is 69.3 Å². The average Bonchev–Trinajstić information content (AvgIpc) is 3.30. The lowest BCUT2D eigenvalue weighted by molar-refractivity contribution is -0.0125. The summed E-state index contributed by atoms with van der Waals surface area (Å²) in [5, 5.41) is 10.4. The number of methoxy groups -OCH3 is 1. The third kappa shape index (κ3) is 3.57. The van der Waals surface area contributed by atoms with E-state index in [4.69, 9.17) is 9.72 Å². The lowest BCUT2D eigenvalue weighted by Gasteiger charge is -2.23. The van der Waals surface area contributed by atoms with Gasteiger partial charge < -0.3 is 19.0 Å². The quantitative estimate of drug-likeness (QED) is 0.409. The van der Waals surface area contributed by atoms with Gasteiger partial charge >= 0.3 is 5.97 Å². The Morgan fingerprint density at radius 2 is 2.00 bits per heavy atom. The largest absolute Gasteiger partial charge is 0.478 e. The number of alkyl halides is 2. The number of hydrogen-bond donors (Lipinski definition) is 1. The number of carboxylic acid groups (broad SMARTS) is 1. The van der Waals surface area contributed by atoms with Gasteiger partial charge in [-0.3, -0.25) is 0 Å². The fourth-order valence-electron chi connectivity index (χ4n) is 5.24. The highest BCUT2D eigenvalue weighted by Gasteiger charge is 2.37. The molecule has 0 amide bonds. The molecule has 0 unspecified atom stereocenters. The van der Waals surface area contributed by atoms with Gasteiger partial charge in [0.1, 0.15) is 5.82 Å². The Bertz CT molecular complexity index is 1430. The van der Waals surface area contributed by atoms with E-state index in [1.807, 2.05) is 35.8 Å². The summed E-state index contributed by atoms with van der Waals surface area (Å²) in [6.07, 6.45) is -0.0123. The molecule has 0 aliphatic heterocycles. The lowest BCUT2D eigenvalue weighted by atomic mass is 9.92. The zero-order valence-corrected chi connectivity index (χ0v) is 19.5. The maximum atomic E-state index is 14.3. The van der Waals surface area contributed by atoms with Crippen molar-refractivity contribution in [3.63, 3.8) is 0 Å². The van der Waals surface area contributed by atoms with E-state index in [1.54, 1.807) is 20.1 Å². The van der Waals surface area contributed by atoms with E-state index < -0.39 is 11.9 Å². The molecule has 6 nitrogen and oxygen atoms in total. The van der Waals surface area contributed by atoms with Gasteiger partial charge in [0.25, 0.3) is 5.92 Å². The number of rotatable bonds is 6. The van der Waals surface area contributed by atoms with Gasteiger partial charge in [-0.2, -0.15) is 0 Å². The average molecular weight is 468 g/mol. The number of hydrogen-bond acceptors (Lipinski definition) is 3. The third-order valence-electron chi connectivity index (χ3n) is 6.87. The summed E-state index contributed by atoms with van der Waals surface area (Å²) in [5.74, 6) is -3.04. The minimum Gasteiger partial charge on any atom is -0.478 e. The minimum atomic E-state index is -2.70. The van der Waals surface area contributed by atoms with Crippen molar-refractivity contribution in [2.24, 2.45) is 0 Å². The Labute approximate surface area is 195 Å². The fraction of sp³-hybridized carbons (Fsp3) is 0.385. The van der Waals surface area contributed by atoms with Crippen LogP contribution in [0.5, 0.6) is 0 Å². The number of aryl methyl sites for hydroxylation is 2. The number of halogens is 2. The number of nitrogens with zero attached hydrogens (tertiary/aromatic N) is 3. The molecule has 5 rings (SSSR count). The van der Waals surface area contributed by atoms with Gasteiger partial charge in [-0.1, -0.05) is 0 Å². The number of aromatic carboxylic acids is 1. The molecule has 178 valence electrons. The molecule has 4 aromatic rings. The Balaban J connectivity index is 1.73. The Morgan fingerprint density at radius 1 is 1.21 bits per heavy atom. The predicted octanol–water partition coefficient (Wildman–Crippen LogP) is 5.45. The van der Waals surface area contributed by atoms with Gasteiger partial charge in [0.2, 0.25) is 0 Å². The van der Waals surface area contributed by atoms with Crippen molar-refractivity contribution in [2.45, 2.75) is 52.1 Å². The van der Waals surface area contributed by atoms with Crippen LogP contribution >= 0.6 is 0 Å². The summed E-state index contributed by atoms with van der Waals surface area (Å²) in [4.78, 5) is 16.4. The van der Waals surface area contributed by atoms with E-state index in [-0.39, 0.29) is 18.4 Å². The van der Waals surface area contributed by atoms with Crippen LogP contribution in [-0.2, 0) is 30.7 Å². The second-order valence-electron chi connectivity index (χ2n) is 8.98. The molecule has 0 spiro atoms. The summed E-state index contributed by atoms with van der Waals surface area (Å²) in [5.41, 5.74) is 5.73. The predicted molar refractivity (Wildman–Crippen MR) is 127 cm³/mol. The van der Waals surface area contributed by atoms with E-state index in [2.05, 4.69) is 4.57 Å². The van der Waals surface area contributed by atoms with Crippen LogP contribution in [0.15, 0.2) is 30.3 Å². The highest BCUT2D eigenvalue weighted by molar-refractivity contribution is 5.96. The summed E-state index contributed by atoms with van der Waals surface area (Å²) in [7, 11) is 1.62. The fourth-order valence-corrected chi connectivity index (χ4v) is 5.24. The Kier molecular flexibility index (Phi) is 5.43. The molecule has 0 bridgehead atoms. The van der Waals surface area contributed by atoms with Gasteiger partial charge in [0, 0.05) is 55.2 Å². The lowest BCUT2D eigenvalue weighted by Crippen LogP contribution is -2.26. The van der Waals surface area contributed by atoms with Gasteiger partial charge in [-0.15, -0.1) is 0 Å². The van der Waals surface area contributed by atoms with E-state index in [0.29, 0.717) is 36.5 Å². The smallest absolute Gasteiger partial charge is 0.336 e. The summed E-state index contributed by atoms with van der Waals surface area (Å²) < 4.78 is 38.1. The van der Waals surface area contributed by atoms with E-state index in [0.717, 1.165) is 39.8 Å². The van der Waals surface area contributed by atoms with E-state index in [1.165, 1.54) is 0 Å². The first-order valence-corrected chi connectivity index (χ1v) is 11.5. The molecular weight excluding hydrogens is 440 g/mol. The number of imidazole rings is 1. The van der Waals surface area contributed by atoms with Crippen molar-refractivity contribution in [3.05, 3.63) is 52.7 Å². The zero-order valence-electron chi connectivity index (χ0n) is 19.5. The van der Waals surface area contributed by atoms with Crippen LogP contribution in [-0.4, -0.2) is 44.8 Å². The molecule has 0 atom stereocenters. The van der Waals surface area contributed by atoms with E-state index in [9.17, 15) is 18.7 Å². The second kappa shape index (κ2) is 8.20. The number of carboxylic acids is 1. The van der Waals surface area contributed by atoms with Gasteiger partial charge in [-0.25, -0.2) is 18.6 Å². The number of carbonyl (C=O) groups is 1. The highest BCUT2D eigenvalue weighted by atomic mass is 19.3. The monoisotopic (exact) mass is 467 g/mol. The molecule has 8 heteroatoms. The van der Waals surface area contributed by atoms with Crippen LogP contribution in [0.1, 0.15) is 40.5 Å². The molecule has 1 aliphatic rings. The van der Waals surface area contributed by atoms with Gasteiger partial charge in [-0.05, 0) is 61.7 Å². The van der Waals surface area contributed by atoms with Crippen molar-refractivity contribution in [2.75, 3.05) is 13.7 Å². The Morgan fingerprint density at radius 3 is 2.71 bits per heavy atom. The summed E-state index contributed by atoms with van der Waals surface area (Å²) >= 11 is 0. The van der Waals surface area contributed by atoms with Crippen molar-refractivity contribution < 1.29 is 23.4 Å². The first-order chi connectivity index (χ1) is 16.2. The standard InChI is InChI=1S/C26H27F2N3O3/c1-4-30-21-6-5-16(12-18(21)19-14-26(27,28)8-7-22(19)30)24-29-20-13-17(25(32)33)15(2)11-23(20)31(24)9-10-34-3/h5-6,11-13H,4,7-10,14H2,1-3H3,(H,32,33). The van der Waals surface area contributed by atoms with Gasteiger partial charge in [0.05, 0.1) is 23.2 Å². The van der Waals surface area contributed by atoms with Crippen LogP contribution in [0.3, 0.4) is 0 Å². The summed E-state index contributed by atoms with van der Waals surface area (Å²) in [6, 6.07) is 9.33. The molecule has 2 heterocycles. The maximum Gasteiger partial charge on any atom is 0.336 e.